The van der Waals surface area contributed by atoms with E-state index in [1.54, 1.807) is 32.4 Å². The van der Waals surface area contributed by atoms with Gasteiger partial charge in [0.15, 0.2) is 6.61 Å². The maximum atomic E-state index is 13.5. The van der Waals surface area contributed by atoms with Gasteiger partial charge in [-0.25, -0.2) is 4.79 Å². The topological polar surface area (TPSA) is 95.1 Å². The molecule has 5 aromatic carbocycles. The van der Waals surface area contributed by atoms with Crippen LogP contribution in [-0.2, 0) is 16.1 Å². The molecule has 0 heterocycles. The Balaban J connectivity index is 1.15. The molecule has 0 spiro atoms. The van der Waals surface area contributed by atoms with Crippen LogP contribution in [0.15, 0.2) is 115 Å². The second-order valence-electron chi connectivity index (χ2n) is 11.6. The summed E-state index contributed by atoms with van der Waals surface area (Å²) in [5.41, 5.74) is 8.26. The smallest absolute Gasteiger partial charge is 0.407 e. The predicted octanol–water partition coefficient (Wildman–Crippen LogP) is 7.34. The molecular formula is C40H38N2O6. The van der Waals surface area contributed by atoms with Gasteiger partial charge in [-0.1, -0.05) is 90.5 Å². The molecule has 8 nitrogen and oxygen atoms in total. The first kappa shape index (κ1) is 32.2. The van der Waals surface area contributed by atoms with Crippen molar-refractivity contribution in [3.8, 4) is 28.4 Å². The minimum atomic E-state index is -0.617. The highest BCUT2D eigenvalue weighted by molar-refractivity contribution is 5.79. The highest BCUT2D eigenvalue weighted by Gasteiger charge is 2.30. The number of hydrogen-bond acceptors (Lipinski definition) is 6. The number of carbonyl (C=O) groups excluding carboxylic acids is 2. The van der Waals surface area contributed by atoms with Gasteiger partial charge in [0.1, 0.15) is 23.9 Å². The Hall–Kier alpha value is -5.76. The van der Waals surface area contributed by atoms with E-state index in [-0.39, 0.29) is 25.0 Å². The van der Waals surface area contributed by atoms with Crippen molar-refractivity contribution in [2.24, 2.45) is 0 Å². The van der Waals surface area contributed by atoms with Gasteiger partial charge in [-0.15, -0.1) is 0 Å². The Morgan fingerprint density at radius 1 is 0.750 bits per heavy atom. The third kappa shape index (κ3) is 7.28. The normalized spacial score (nSPS) is 12.3. The van der Waals surface area contributed by atoms with Crippen LogP contribution in [0.1, 0.15) is 45.3 Å². The number of alkyl carbamates (subject to hydrolysis) is 1. The lowest BCUT2D eigenvalue weighted by Crippen LogP contribution is -2.31. The summed E-state index contributed by atoms with van der Waals surface area (Å²) in [4.78, 5) is 25.9. The fraction of sp³-hybridized carbons (Fsp3) is 0.200. The number of rotatable bonds is 12. The molecule has 0 bridgehead atoms. The fourth-order valence-corrected chi connectivity index (χ4v) is 6.02. The number of benzene rings is 5. The first-order valence-corrected chi connectivity index (χ1v) is 15.8. The van der Waals surface area contributed by atoms with Gasteiger partial charge in [-0.2, -0.15) is 0 Å². The van der Waals surface area contributed by atoms with Crippen LogP contribution < -0.4 is 24.8 Å². The van der Waals surface area contributed by atoms with Crippen molar-refractivity contribution in [1.29, 1.82) is 0 Å². The lowest BCUT2D eigenvalue weighted by molar-refractivity contribution is -0.123. The molecule has 0 aromatic heterocycles. The zero-order chi connectivity index (χ0) is 33.5. The van der Waals surface area contributed by atoms with Gasteiger partial charge in [0.05, 0.1) is 20.3 Å². The first-order chi connectivity index (χ1) is 23.4. The molecule has 1 atom stereocenters. The summed E-state index contributed by atoms with van der Waals surface area (Å²) in [6.45, 7) is 2.51. The molecule has 6 rings (SSSR count). The molecule has 2 N–H and O–H groups in total. The number of hydrogen-bond donors (Lipinski definition) is 2. The molecule has 2 amide bonds. The van der Waals surface area contributed by atoms with E-state index in [2.05, 4.69) is 34.9 Å². The van der Waals surface area contributed by atoms with E-state index in [4.69, 9.17) is 18.9 Å². The van der Waals surface area contributed by atoms with Crippen molar-refractivity contribution in [2.45, 2.75) is 25.4 Å². The van der Waals surface area contributed by atoms with E-state index in [0.29, 0.717) is 23.8 Å². The Labute approximate surface area is 280 Å². The maximum Gasteiger partial charge on any atom is 0.407 e. The number of aryl methyl sites for hydroxylation is 1. The zero-order valence-electron chi connectivity index (χ0n) is 27.2. The van der Waals surface area contributed by atoms with Crippen LogP contribution in [0, 0.1) is 6.92 Å². The summed E-state index contributed by atoms with van der Waals surface area (Å²) in [6, 6.07) is 36.5. The molecule has 5 aromatic rings. The Bertz CT molecular complexity index is 1840. The van der Waals surface area contributed by atoms with Crippen LogP contribution in [0.4, 0.5) is 4.79 Å². The van der Waals surface area contributed by atoms with Gasteiger partial charge in [0.25, 0.3) is 5.91 Å². The number of nitrogens with one attached hydrogen (secondary N) is 2. The van der Waals surface area contributed by atoms with E-state index < -0.39 is 12.1 Å². The van der Waals surface area contributed by atoms with E-state index >= 15 is 0 Å². The van der Waals surface area contributed by atoms with Crippen molar-refractivity contribution < 1.29 is 28.5 Å². The van der Waals surface area contributed by atoms with E-state index in [0.717, 1.165) is 44.5 Å². The molecule has 48 heavy (non-hydrogen) atoms. The van der Waals surface area contributed by atoms with Gasteiger partial charge in [0.2, 0.25) is 0 Å². The van der Waals surface area contributed by atoms with Crippen LogP contribution in [0.25, 0.3) is 11.1 Å². The Morgan fingerprint density at radius 2 is 1.40 bits per heavy atom. The van der Waals surface area contributed by atoms with Crippen molar-refractivity contribution in [3.05, 3.63) is 149 Å². The number of fused-ring (bicyclic) bond motifs is 3. The van der Waals surface area contributed by atoms with Crippen molar-refractivity contribution in [2.75, 3.05) is 27.4 Å². The minimum Gasteiger partial charge on any atom is -0.497 e. The van der Waals surface area contributed by atoms with Gasteiger partial charge in [0, 0.05) is 24.1 Å². The highest BCUT2D eigenvalue weighted by Crippen LogP contribution is 2.44. The van der Waals surface area contributed by atoms with Crippen LogP contribution in [0.5, 0.6) is 17.2 Å². The number of ether oxygens (including phenoxy) is 4. The molecule has 1 aliphatic carbocycles. The SMILES string of the molecule is COc1ccc(C(NC(=O)OCC2c3ccccc3-c3ccccc32)c2ccc(OCC(=O)NCc3ccc(C)cc3)cc2)c(OC)c1. The van der Waals surface area contributed by atoms with Crippen LogP contribution in [0.2, 0.25) is 0 Å². The summed E-state index contributed by atoms with van der Waals surface area (Å²) in [5.74, 6) is 1.40. The zero-order valence-corrected chi connectivity index (χ0v) is 27.2. The summed E-state index contributed by atoms with van der Waals surface area (Å²) in [6.07, 6.45) is -0.565. The third-order valence-electron chi connectivity index (χ3n) is 8.55. The monoisotopic (exact) mass is 642 g/mol. The van der Waals surface area contributed by atoms with Gasteiger partial charge in [-0.05, 0) is 64.6 Å². The minimum absolute atomic E-state index is 0.0670. The fourth-order valence-electron chi connectivity index (χ4n) is 6.02. The van der Waals surface area contributed by atoms with Crippen molar-refractivity contribution in [3.63, 3.8) is 0 Å². The van der Waals surface area contributed by atoms with Crippen molar-refractivity contribution >= 4 is 12.0 Å². The van der Waals surface area contributed by atoms with Crippen molar-refractivity contribution in [1.82, 2.24) is 10.6 Å². The first-order valence-electron chi connectivity index (χ1n) is 15.8. The molecule has 0 aliphatic heterocycles. The van der Waals surface area contributed by atoms with Gasteiger partial charge in [-0.3, -0.25) is 4.79 Å². The quantitative estimate of drug-likeness (QED) is 0.148. The predicted molar refractivity (Wildman–Crippen MR) is 185 cm³/mol. The molecule has 0 saturated carbocycles. The lowest BCUT2D eigenvalue weighted by atomic mass is 9.97. The summed E-state index contributed by atoms with van der Waals surface area (Å²) >= 11 is 0. The Kier molecular flexibility index (Phi) is 9.91. The van der Waals surface area contributed by atoms with E-state index in [1.165, 1.54) is 0 Å². The third-order valence-corrected chi connectivity index (χ3v) is 8.55. The molecule has 1 aliphatic rings. The molecule has 244 valence electrons. The molecule has 8 heteroatoms. The number of carbonyl (C=O) groups is 2. The summed E-state index contributed by atoms with van der Waals surface area (Å²) in [7, 11) is 3.16. The summed E-state index contributed by atoms with van der Waals surface area (Å²) < 4.78 is 22.8. The average molecular weight is 643 g/mol. The van der Waals surface area contributed by atoms with Gasteiger partial charge >= 0.3 is 6.09 Å². The van der Waals surface area contributed by atoms with E-state index in [1.807, 2.05) is 79.7 Å². The second kappa shape index (κ2) is 14.8. The van der Waals surface area contributed by atoms with Crippen LogP contribution in [0.3, 0.4) is 0 Å². The molecule has 0 radical (unpaired) electrons. The van der Waals surface area contributed by atoms with E-state index in [9.17, 15) is 9.59 Å². The molecule has 1 unspecified atom stereocenters. The molecule has 0 saturated heterocycles. The van der Waals surface area contributed by atoms with Gasteiger partial charge < -0.3 is 29.6 Å². The summed E-state index contributed by atoms with van der Waals surface area (Å²) in [5, 5.41) is 5.93. The lowest BCUT2D eigenvalue weighted by Gasteiger charge is -2.23. The number of methoxy groups -OCH3 is 2. The molecule has 0 fully saturated rings. The Morgan fingerprint density at radius 3 is 2.04 bits per heavy atom. The average Bonchev–Trinajstić information content (AvgIpc) is 3.45. The molecular weight excluding hydrogens is 604 g/mol. The maximum absolute atomic E-state index is 13.5. The second-order valence-corrected chi connectivity index (χ2v) is 11.6. The standard InChI is InChI=1S/C40H38N2O6/c1-26-12-14-27(15-13-26)23-41-38(43)25-47-29-18-16-28(17-19-29)39(35-21-20-30(45-2)22-37(35)46-3)42-40(44)48-24-36-33-10-6-4-8-31(33)32-9-5-7-11-34(32)36/h4-22,36,39H,23-25H2,1-3H3,(H,41,43)(H,42,44). The van der Waals surface area contributed by atoms with Crippen LogP contribution >= 0.6 is 0 Å². The largest absolute Gasteiger partial charge is 0.497 e. The number of amides is 2. The highest BCUT2D eigenvalue weighted by atomic mass is 16.5. The van der Waals surface area contributed by atoms with Crippen LogP contribution in [-0.4, -0.2) is 39.4 Å².